The molecule has 0 aromatic heterocycles. The molecule has 7 heteroatoms. The lowest BCUT2D eigenvalue weighted by Crippen LogP contribution is -2.55. The fourth-order valence-corrected chi connectivity index (χ4v) is 2.74. The molecule has 0 spiro atoms. The number of carbonyl (C=O) groups is 3. The van der Waals surface area contributed by atoms with Gasteiger partial charge in [0, 0.05) is 13.0 Å². The summed E-state index contributed by atoms with van der Waals surface area (Å²) in [7, 11) is 0. The summed E-state index contributed by atoms with van der Waals surface area (Å²) in [6, 6.07) is 4.79. The van der Waals surface area contributed by atoms with Gasteiger partial charge in [0.05, 0.1) is 6.04 Å². The van der Waals surface area contributed by atoms with E-state index in [4.69, 9.17) is 5.11 Å². The molecule has 23 heavy (non-hydrogen) atoms. The molecule has 3 N–H and O–H groups in total. The first kappa shape index (κ1) is 17.0. The SMILES string of the molecule is CC(N[C@@H](C)C(=O)N1Cc2ccccc2C[C@H]1C(=O)O)C(=O)O. The van der Waals surface area contributed by atoms with Crippen molar-refractivity contribution in [2.45, 2.75) is 44.9 Å². The van der Waals surface area contributed by atoms with E-state index in [0.29, 0.717) is 0 Å². The zero-order valence-electron chi connectivity index (χ0n) is 13.0. The second-order valence-corrected chi connectivity index (χ2v) is 5.74. The van der Waals surface area contributed by atoms with Crippen LogP contribution in [0.15, 0.2) is 24.3 Å². The lowest BCUT2D eigenvalue weighted by atomic mass is 9.93. The fraction of sp³-hybridized carbons (Fsp3) is 0.438. The van der Waals surface area contributed by atoms with Crippen LogP contribution in [0.4, 0.5) is 0 Å². The van der Waals surface area contributed by atoms with Gasteiger partial charge in [-0.1, -0.05) is 24.3 Å². The lowest BCUT2D eigenvalue weighted by Gasteiger charge is -2.36. The van der Waals surface area contributed by atoms with Gasteiger partial charge in [-0.25, -0.2) is 4.79 Å². The standard InChI is InChI=1S/C16H20N2O5/c1-9(17-10(2)15(20)21)14(19)18-8-12-6-4-3-5-11(12)7-13(18)16(22)23/h3-6,9-10,13,17H,7-8H2,1-2H3,(H,20,21)(H,22,23)/t9-,10?,13-/m0/s1. The van der Waals surface area contributed by atoms with Crippen LogP contribution < -0.4 is 5.32 Å². The lowest BCUT2D eigenvalue weighted by molar-refractivity contribution is -0.152. The Labute approximate surface area is 133 Å². The van der Waals surface area contributed by atoms with E-state index in [1.165, 1.54) is 11.8 Å². The molecule has 1 amide bonds. The number of rotatable bonds is 5. The largest absolute Gasteiger partial charge is 0.480 e. The molecule has 1 aliphatic heterocycles. The summed E-state index contributed by atoms with van der Waals surface area (Å²) >= 11 is 0. The van der Waals surface area contributed by atoms with Crippen molar-refractivity contribution in [3.63, 3.8) is 0 Å². The third-order valence-electron chi connectivity index (χ3n) is 4.06. The molecule has 1 aliphatic rings. The Morgan fingerprint density at radius 3 is 2.30 bits per heavy atom. The number of fused-ring (bicyclic) bond motifs is 1. The van der Waals surface area contributed by atoms with E-state index in [0.717, 1.165) is 11.1 Å². The van der Waals surface area contributed by atoms with Gasteiger partial charge in [-0.05, 0) is 25.0 Å². The Bertz CT molecular complexity index is 631. The Kier molecular flexibility index (Phi) is 5.00. The van der Waals surface area contributed by atoms with Gasteiger partial charge in [-0.3, -0.25) is 14.9 Å². The molecule has 1 aromatic carbocycles. The number of carboxylic acid groups (broad SMARTS) is 2. The smallest absolute Gasteiger partial charge is 0.326 e. The van der Waals surface area contributed by atoms with E-state index >= 15 is 0 Å². The zero-order valence-corrected chi connectivity index (χ0v) is 13.0. The molecule has 3 atom stereocenters. The van der Waals surface area contributed by atoms with E-state index in [-0.39, 0.29) is 13.0 Å². The molecule has 1 unspecified atom stereocenters. The maximum absolute atomic E-state index is 12.6. The van der Waals surface area contributed by atoms with E-state index in [1.54, 1.807) is 6.92 Å². The van der Waals surface area contributed by atoms with Crippen LogP contribution in [-0.4, -0.2) is 51.1 Å². The molecule has 0 saturated heterocycles. The van der Waals surface area contributed by atoms with Crippen LogP contribution in [0.2, 0.25) is 0 Å². The Morgan fingerprint density at radius 1 is 1.13 bits per heavy atom. The van der Waals surface area contributed by atoms with E-state index in [1.807, 2.05) is 24.3 Å². The molecule has 0 bridgehead atoms. The van der Waals surface area contributed by atoms with Crippen LogP contribution in [0.25, 0.3) is 0 Å². The van der Waals surface area contributed by atoms with Crippen LogP contribution in [0.1, 0.15) is 25.0 Å². The van der Waals surface area contributed by atoms with Crippen LogP contribution in [-0.2, 0) is 27.3 Å². The molecule has 1 heterocycles. The van der Waals surface area contributed by atoms with Crippen molar-refractivity contribution in [3.8, 4) is 0 Å². The first-order valence-corrected chi connectivity index (χ1v) is 7.40. The van der Waals surface area contributed by atoms with Crippen LogP contribution >= 0.6 is 0 Å². The van der Waals surface area contributed by atoms with Crippen molar-refractivity contribution in [3.05, 3.63) is 35.4 Å². The first-order chi connectivity index (χ1) is 10.8. The summed E-state index contributed by atoms with van der Waals surface area (Å²) < 4.78 is 0. The molecule has 2 rings (SSSR count). The minimum Gasteiger partial charge on any atom is -0.480 e. The summed E-state index contributed by atoms with van der Waals surface area (Å²) in [4.78, 5) is 36.3. The van der Waals surface area contributed by atoms with E-state index in [2.05, 4.69) is 5.32 Å². The van der Waals surface area contributed by atoms with Gasteiger partial charge < -0.3 is 15.1 Å². The average Bonchev–Trinajstić information content (AvgIpc) is 2.52. The van der Waals surface area contributed by atoms with E-state index in [9.17, 15) is 19.5 Å². The summed E-state index contributed by atoms with van der Waals surface area (Å²) in [5, 5.41) is 21.0. The third-order valence-corrected chi connectivity index (χ3v) is 4.06. The molecule has 0 fully saturated rings. The minimum atomic E-state index is -1.07. The van der Waals surface area contributed by atoms with Crippen molar-refractivity contribution in [1.29, 1.82) is 0 Å². The van der Waals surface area contributed by atoms with Crippen molar-refractivity contribution in [1.82, 2.24) is 10.2 Å². The molecule has 7 nitrogen and oxygen atoms in total. The number of carboxylic acids is 2. The van der Waals surface area contributed by atoms with Gasteiger partial charge >= 0.3 is 11.9 Å². The van der Waals surface area contributed by atoms with Gasteiger partial charge in [0.15, 0.2) is 0 Å². The summed E-state index contributed by atoms with van der Waals surface area (Å²) in [5.74, 6) is -2.55. The van der Waals surface area contributed by atoms with Crippen LogP contribution in [0, 0.1) is 0 Å². The number of aliphatic carboxylic acids is 2. The molecule has 0 aliphatic carbocycles. The molecule has 1 aromatic rings. The Morgan fingerprint density at radius 2 is 1.74 bits per heavy atom. The highest BCUT2D eigenvalue weighted by atomic mass is 16.4. The number of nitrogens with one attached hydrogen (secondary N) is 1. The van der Waals surface area contributed by atoms with Crippen LogP contribution in [0.5, 0.6) is 0 Å². The van der Waals surface area contributed by atoms with E-state index < -0.39 is 36.0 Å². The number of hydrogen-bond acceptors (Lipinski definition) is 4. The van der Waals surface area contributed by atoms with Crippen LogP contribution in [0.3, 0.4) is 0 Å². The number of hydrogen-bond donors (Lipinski definition) is 3. The molecule has 0 radical (unpaired) electrons. The maximum Gasteiger partial charge on any atom is 0.326 e. The molecular weight excluding hydrogens is 300 g/mol. The number of amides is 1. The predicted molar refractivity (Wildman–Crippen MR) is 81.8 cm³/mol. The van der Waals surface area contributed by atoms with Gasteiger partial charge in [-0.15, -0.1) is 0 Å². The number of carbonyl (C=O) groups excluding carboxylic acids is 1. The van der Waals surface area contributed by atoms with Crippen molar-refractivity contribution < 1.29 is 24.6 Å². The number of nitrogens with zero attached hydrogens (tertiary/aromatic N) is 1. The van der Waals surface area contributed by atoms with Crippen molar-refractivity contribution in [2.75, 3.05) is 0 Å². The van der Waals surface area contributed by atoms with Crippen molar-refractivity contribution >= 4 is 17.8 Å². The second-order valence-electron chi connectivity index (χ2n) is 5.74. The number of benzene rings is 1. The predicted octanol–water partition coefficient (Wildman–Crippen LogP) is 0.476. The average molecular weight is 320 g/mol. The van der Waals surface area contributed by atoms with Crippen molar-refractivity contribution in [2.24, 2.45) is 0 Å². The zero-order chi connectivity index (χ0) is 17.1. The highest BCUT2D eigenvalue weighted by molar-refractivity contribution is 5.88. The third kappa shape index (κ3) is 3.68. The van der Waals surface area contributed by atoms with Gasteiger partial charge in [0.2, 0.25) is 5.91 Å². The van der Waals surface area contributed by atoms with Gasteiger partial charge in [0.1, 0.15) is 12.1 Å². The fourth-order valence-electron chi connectivity index (χ4n) is 2.74. The minimum absolute atomic E-state index is 0.208. The topological polar surface area (TPSA) is 107 Å². The first-order valence-electron chi connectivity index (χ1n) is 7.40. The van der Waals surface area contributed by atoms with Gasteiger partial charge in [0.25, 0.3) is 0 Å². The Hall–Kier alpha value is -2.41. The Balaban J connectivity index is 2.20. The normalized spacial score (nSPS) is 19.6. The second kappa shape index (κ2) is 6.78. The summed E-state index contributed by atoms with van der Waals surface area (Å²) in [6.45, 7) is 3.19. The highest BCUT2D eigenvalue weighted by Gasteiger charge is 2.36. The molecule has 124 valence electrons. The summed E-state index contributed by atoms with van der Waals surface area (Å²) in [6.07, 6.45) is 0.248. The molecule has 0 saturated carbocycles. The van der Waals surface area contributed by atoms with Gasteiger partial charge in [-0.2, -0.15) is 0 Å². The maximum atomic E-state index is 12.6. The molecular formula is C16H20N2O5. The monoisotopic (exact) mass is 320 g/mol. The summed E-state index contributed by atoms with van der Waals surface area (Å²) in [5.41, 5.74) is 1.83. The quantitative estimate of drug-likeness (QED) is 0.728. The highest BCUT2D eigenvalue weighted by Crippen LogP contribution is 2.24.